The zero-order chi connectivity index (χ0) is 18.1. The molecule has 2 rings (SSSR count). The van der Waals surface area contributed by atoms with Crippen molar-refractivity contribution in [2.45, 2.75) is 6.42 Å². The zero-order valence-corrected chi connectivity index (χ0v) is 14.2. The lowest BCUT2D eigenvalue weighted by molar-refractivity contribution is -0.384. The monoisotopic (exact) mass is 362 g/mol. The van der Waals surface area contributed by atoms with Gasteiger partial charge in [-0.15, -0.1) is 0 Å². The number of amides is 2. The van der Waals surface area contributed by atoms with Crippen LogP contribution < -0.4 is 16.0 Å². The minimum absolute atomic E-state index is 0.00929. The molecule has 1 heterocycles. The molecule has 0 atom stereocenters. The van der Waals surface area contributed by atoms with Crippen molar-refractivity contribution in [1.29, 1.82) is 0 Å². The van der Waals surface area contributed by atoms with Gasteiger partial charge in [0.25, 0.3) is 11.6 Å². The average molecular weight is 362 g/mol. The van der Waals surface area contributed by atoms with Crippen LogP contribution in [0.1, 0.15) is 16.8 Å². The summed E-state index contributed by atoms with van der Waals surface area (Å²) in [6.07, 6.45) is 0.168. The largest absolute Gasteiger partial charge is 0.378 e. The van der Waals surface area contributed by atoms with E-state index in [1.807, 2.05) is 5.38 Å². The Balaban J connectivity index is 1.63. The topological polar surface area (TPSA) is 113 Å². The Morgan fingerprint density at radius 1 is 1.08 bits per heavy atom. The van der Waals surface area contributed by atoms with Gasteiger partial charge in [0.1, 0.15) is 5.69 Å². The Labute approximate surface area is 148 Å². The van der Waals surface area contributed by atoms with Gasteiger partial charge in [-0.1, -0.05) is 12.1 Å². The number of carbonyl (C=O) groups is 2. The van der Waals surface area contributed by atoms with Crippen LogP contribution in [0.4, 0.5) is 11.4 Å². The van der Waals surface area contributed by atoms with E-state index in [9.17, 15) is 19.7 Å². The molecule has 0 bridgehead atoms. The van der Waals surface area contributed by atoms with Crippen LogP contribution in [0, 0.1) is 10.1 Å². The van der Waals surface area contributed by atoms with E-state index in [-0.39, 0.29) is 30.5 Å². The summed E-state index contributed by atoms with van der Waals surface area (Å²) in [6.45, 7) is 0.930. The summed E-state index contributed by atoms with van der Waals surface area (Å²) in [5.41, 5.74) is 0.980. The molecule has 0 saturated carbocycles. The molecule has 0 saturated heterocycles. The minimum atomic E-state index is -0.461. The zero-order valence-electron chi connectivity index (χ0n) is 13.4. The third-order valence-electron chi connectivity index (χ3n) is 3.28. The maximum Gasteiger partial charge on any atom is 0.292 e. The first-order valence-electron chi connectivity index (χ1n) is 7.62. The van der Waals surface area contributed by atoms with Crippen molar-refractivity contribution in [3.8, 4) is 0 Å². The van der Waals surface area contributed by atoms with Crippen LogP contribution in [0.15, 0.2) is 41.1 Å². The molecule has 1 aromatic carbocycles. The van der Waals surface area contributed by atoms with Crippen LogP contribution in [-0.4, -0.2) is 36.4 Å². The molecule has 0 spiro atoms. The number of thiophene rings is 1. The number of nitrogens with zero attached hydrogens (tertiary/aromatic N) is 1. The second-order valence-corrected chi connectivity index (χ2v) is 5.85. The molecular formula is C16H18N4O4S. The molecule has 2 aromatic rings. The van der Waals surface area contributed by atoms with Crippen LogP contribution in [0.25, 0.3) is 0 Å². The molecule has 0 unspecified atom stereocenters. The Kier molecular flexibility index (Phi) is 6.90. The minimum Gasteiger partial charge on any atom is -0.378 e. The molecular weight excluding hydrogens is 344 g/mol. The van der Waals surface area contributed by atoms with Crippen molar-refractivity contribution in [1.82, 2.24) is 10.6 Å². The molecule has 25 heavy (non-hydrogen) atoms. The third kappa shape index (κ3) is 5.88. The predicted octanol–water partition coefficient (Wildman–Crippen LogP) is 2.00. The number of rotatable bonds is 9. The molecule has 2 amide bonds. The van der Waals surface area contributed by atoms with E-state index >= 15 is 0 Å². The summed E-state index contributed by atoms with van der Waals surface area (Å²) >= 11 is 1.43. The molecule has 0 aliphatic carbocycles. The molecule has 3 N–H and O–H groups in total. The van der Waals surface area contributed by atoms with Crippen molar-refractivity contribution in [3.05, 3.63) is 56.8 Å². The van der Waals surface area contributed by atoms with E-state index in [1.165, 1.54) is 17.4 Å². The fourth-order valence-corrected chi connectivity index (χ4v) is 2.69. The van der Waals surface area contributed by atoms with Crippen molar-refractivity contribution in [2.75, 3.05) is 25.0 Å². The van der Waals surface area contributed by atoms with Crippen LogP contribution in [0.5, 0.6) is 0 Å². The second-order valence-electron chi connectivity index (χ2n) is 5.07. The van der Waals surface area contributed by atoms with Gasteiger partial charge in [0.05, 0.1) is 4.92 Å². The first-order valence-corrected chi connectivity index (χ1v) is 8.56. The quantitative estimate of drug-likeness (QED) is 0.359. The fraction of sp³-hybridized carbons (Fsp3) is 0.250. The smallest absolute Gasteiger partial charge is 0.292 e. The van der Waals surface area contributed by atoms with Crippen molar-refractivity contribution in [2.24, 2.45) is 0 Å². The SMILES string of the molecule is O=C(CCNC(=O)c1ccsc1)NCCNc1ccccc1[N+](=O)[O-]. The lowest BCUT2D eigenvalue weighted by Crippen LogP contribution is -2.33. The van der Waals surface area contributed by atoms with Crippen LogP contribution >= 0.6 is 11.3 Å². The maximum absolute atomic E-state index is 11.7. The van der Waals surface area contributed by atoms with Crippen LogP contribution in [-0.2, 0) is 4.79 Å². The van der Waals surface area contributed by atoms with Gasteiger partial charge in [-0.2, -0.15) is 11.3 Å². The Bertz CT molecular complexity index is 733. The number of hydrogen-bond donors (Lipinski definition) is 3. The second kappa shape index (κ2) is 9.38. The highest BCUT2D eigenvalue weighted by molar-refractivity contribution is 7.08. The number of anilines is 1. The summed E-state index contributed by atoms with van der Waals surface area (Å²) < 4.78 is 0. The Morgan fingerprint density at radius 3 is 2.60 bits per heavy atom. The van der Waals surface area contributed by atoms with Crippen molar-refractivity contribution in [3.63, 3.8) is 0 Å². The molecule has 0 radical (unpaired) electrons. The summed E-state index contributed by atoms with van der Waals surface area (Å²) in [5, 5.41) is 22.7. The summed E-state index contributed by atoms with van der Waals surface area (Å²) in [7, 11) is 0. The molecule has 8 nitrogen and oxygen atoms in total. The predicted molar refractivity (Wildman–Crippen MR) is 95.9 cm³/mol. The number of nitrogens with one attached hydrogen (secondary N) is 3. The van der Waals surface area contributed by atoms with Gasteiger partial charge >= 0.3 is 0 Å². The first kappa shape index (κ1) is 18.4. The van der Waals surface area contributed by atoms with Gasteiger partial charge in [0.2, 0.25) is 5.91 Å². The molecule has 132 valence electrons. The van der Waals surface area contributed by atoms with Gasteiger partial charge in [-0.25, -0.2) is 0 Å². The van der Waals surface area contributed by atoms with E-state index in [1.54, 1.807) is 29.6 Å². The van der Waals surface area contributed by atoms with Crippen molar-refractivity contribution >= 4 is 34.5 Å². The van der Waals surface area contributed by atoms with Gasteiger partial charge in [0, 0.05) is 43.1 Å². The molecule has 0 aliphatic rings. The lowest BCUT2D eigenvalue weighted by atomic mass is 10.2. The third-order valence-corrected chi connectivity index (χ3v) is 3.97. The highest BCUT2D eigenvalue weighted by Gasteiger charge is 2.11. The van der Waals surface area contributed by atoms with E-state index in [0.717, 1.165) is 0 Å². The fourth-order valence-electron chi connectivity index (χ4n) is 2.06. The number of carbonyl (C=O) groups excluding carboxylic acids is 2. The number of benzene rings is 1. The van der Waals surface area contributed by atoms with Gasteiger partial charge in [-0.05, 0) is 17.5 Å². The van der Waals surface area contributed by atoms with E-state index in [4.69, 9.17) is 0 Å². The molecule has 9 heteroatoms. The highest BCUT2D eigenvalue weighted by Crippen LogP contribution is 2.22. The van der Waals surface area contributed by atoms with Gasteiger partial charge in [-0.3, -0.25) is 19.7 Å². The first-order chi connectivity index (χ1) is 12.1. The molecule has 0 aliphatic heterocycles. The van der Waals surface area contributed by atoms with Gasteiger partial charge in [0.15, 0.2) is 0 Å². The average Bonchev–Trinajstić information content (AvgIpc) is 3.13. The standard InChI is InChI=1S/C16H18N4O4S/c21-15(5-7-19-16(22)12-6-10-25-11-12)18-9-8-17-13-3-1-2-4-14(13)20(23)24/h1-4,6,10-11,17H,5,7-9H2,(H,18,21)(H,19,22). The number of nitro benzene ring substituents is 1. The van der Waals surface area contributed by atoms with Crippen molar-refractivity contribution < 1.29 is 14.5 Å². The summed E-state index contributed by atoms with van der Waals surface area (Å²) in [6, 6.07) is 8.03. The lowest BCUT2D eigenvalue weighted by Gasteiger charge is -2.08. The Hall–Kier alpha value is -2.94. The van der Waals surface area contributed by atoms with Crippen LogP contribution in [0.3, 0.4) is 0 Å². The van der Waals surface area contributed by atoms with Gasteiger partial charge < -0.3 is 16.0 Å². The number of hydrogen-bond acceptors (Lipinski definition) is 6. The van der Waals surface area contributed by atoms with E-state index in [0.29, 0.717) is 24.3 Å². The Morgan fingerprint density at radius 2 is 1.88 bits per heavy atom. The molecule has 0 fully saturated rings. The normalized spacial score (nSPS) is 10.1. The van der Waals surface area contributed by atoms with E-state index in [2.05, 4.69) is 16.0 Å². The van der Waals surface area contributed by atoms with E-state index < -0.39 is 4.92 Å². The maximum atomic E-state index is 11.7. The summed E-state index contributed by atoms with van der Waals surface area (Å²) in [4.78, 5) is 33.8. The van der Waals surface area contributed by atoms with Crippen LogP contribution in [0.2, 0.25) is 0 Å². The number of nitro groups is 1. The number of para-hydroxylation sites is 2. The highest BCUT2D eigenvalue weighted by atomic mass is 32.1. The summed E-state index contributed by atoms with van der Waals surface area (Å²) in [5.74, 6) is -0.401. The molecule has 1 aromatic heterocycles.